The molecule has 0 bridgehead atoms. The highest BCUT2D eigenvalue weighted by Crippen LogP contribution is 2.65. The first kappa shape index (κ1) is 23.8. The van der Waals surface area contributed by atoms with E-state index in [1.165, 1.54) is 4.57 Å². The minimum Gasteiger partial charge on any atom is -0.316 e. The Labute approximate surface area is 177 Å². The molecule has 3 rings (SSSR count). The number of hydrogen-bond donors (Lipinski definition) is 1. The summed E-state index contributed by atoms with van der Waals surface area (Å²) in [6.45, 7) is 6.53. The molecular weight excluding hydrogens is 436 g/mol. The van der Waals surface area contributed by atoms with Gasteiger partial charge in [-0.15, -0.1) is 0 Å². The van der Waals surface area contributed by atoms with Crippen LogP contribution < -0.4 is 11.1 Å². The van der Waals surface area contributed by atoms with Crippen LogP contribution in [0.4, 0.5) is 13.2 Å². The highest BCUT2D eigenvalue weighted by Gasteiger charge is 2.46. The number of benzene rings is 1. The Balaban J connectivity index is 2.59. The lowest BCUT2D eigenvalue weighted by Crippen LogP contribution is -2.39. The summed E-state index contributed by atoms with van der Waals surface area (Å²) >= 11 is 0. The number of aromatic amines is 1. The molecule has 31 heavy (non-hydrogen) atoms. The van der Waals surface area contributed by atoms with Gasteiger partial charge in [-0.25, -0.2) is 0 Å². The van der Waals surface area contributed by atoms with Gasteiger partial charge in [-0.3, -0.25) is 14.2 Å². The Morgan fingerprint density at radius 3 is 2.13 bits per heavy atom. The Morgan fingerprint density at radius 2 is 1.65 bits per heavy atom. The molecule has 172 valence electrons. The van der Waals surface area contributed by atoms with Crippen molar-refractivity contribution in [3.05, 3.63) is 43.0 Å². The topological polar surface area (TPSA) is 90.4 Å². The Kier molecular flexibility index (Phi) is 6.56. The number of halogens is 3. The Morgan fingerprint density at radius 1 is 1.06 bits per heavy atom. The summed E-state index contributed by atoms with van der Waals surface area (Å²) in [6.07, 6.45) is -4.66. The third kappa shape index (κ3) is 3.79. The number of alkyl halides is 3. The molecule has 1 unspecified atom stereocenters. The molecule has 0 spiro atoms. The molecule has 1 atom stereocenters. The maximum atomic E-state index is 14.3. The number of rotatable bonds is 7. The van der Waals surface area contributed by atoms with E-state index in [4.69, 9.17) is 9.05 Å². The molecular formula is C20H26F3N2O5P. The standard InChI is InChI=1S/C20H26F3N2O5P/c1-5-11-14-13(31(28,29-7-3)30-8-4)9-10-25-17(14)16(24-18(26)19(25)27)12(6-2)15(11)20(21,22)23/h13H,5-10H2,1-4H3,(H,24,26). The average Bonchev–Trinajstić information content (AvgIpc) is 2.70. The summed E-state index contributed by atoms with van der Waals surface area (Å²) in [4.78, 5) is 27.2. The molecule has 0 radical (unpaired) electrons. The van der Waals surface area contributed by atoms with Gasteiger partial charge in [0.15, 0.2) is 0 Å². The predicted molar refractivity (Wildman–Crippen MR) is 111 cm³/mol. The predicted octanol–water partition coefficient (Wildman–Crippen LogP) is 4.54. The van der Waals surface area contributed by atoms with Crippen molar-refractivity contribution >= 4 is 18.6 Å². The molecule has 0 fully saturated rings. The summed E-state index contributed by atoms with van der Waals surface area (Å²) in [6, 6.07) is 0. The lowest BCUT2D eigenvalue weighted by Gasteiger charge is -2.35. The number of H-pyrrole nitrogens is 1. The van der Waals surface area contributed by atoms with Crippen molar-refractivity contribution in [1.29, 1.82) is 0 Å². The van der Waals surface area contributed by atoms with Crippen LogP contribution in [0.3, 0.4) is 0 Å². The van der Waals surface area contributed by atoms with Gasteiger partial charge in [0.25, 0.3) is 0 Å². The van der Waals surface area contributed by atoms with Crippen molar-refractivity contribution < 1.29 is 26.8 Å². The van der Waals surface area contributed by atoms with Gasteiger partial charge in [-0.05, 0) is 49.8 Å². The number of nitrogens with one attached hydrogen (secondary N) is 1. The fourth-order valence-electron chi connectivity index (χ4n) is 4.59. The van der Waals surface area contributed by atoms with Gasteiger partial charge in [0.05, 0.1) is 35.5 Å². The van der Waals surface area contributed by atoms with Gasteiger partial charge in [-0.2, -0.15) is 13.2 Å². The Bertz CT molecular complexity index is 1160. The van der Waals surface area contributed by atoms with Crippen molar-refractivity contribution in [2.24, 2.45) is 0 Å². The van der Waals surface area contributed by atoms with Crippen LogP contribution in [0.2, 0.25) is 0 Å². The molecule has 1 aliphatic rings. The van der Waals surface area contributed by atoms with E-state index in [1.54, 1.807) is 27.7 Å². The van der Waals surface area contributed by atoms with Crippen molar-refractivity contribution in [3.63, 3.8) is 0 Å². The van der Waals surface area contributed by atoms with Crippen LogP contribution in [0.5, 0.6) is 0 Å². The largest absolute Gasteiger partial charge is 0.417 e. The molecule has 1 aromatic carbocycles. The first-order valence-corrected chi connectivity index (χ1v) is 12.0. The zero-order chi connectivity index (χ0) is 23.1. The van der Waals surface area contributed by atoms with E-state index >= 15 is 0 Å². The van der Waals surface area contributed by atoms with Crippen LogP contribution in [-0.4, -0.2) is 22.8 Å². The third-order valence-corrected chi connectivity index (χ3v) is 8.14. The Hall–Kier alpha value is -1.90. The second-order valence-electron chi connectivity index (χ2n) is 7.27. The molecule has 1 N–H and O–H groups in total. The monoisotopic (exact) mass is 462 g/mol. The third-order valence-electron chi connectivity index (χ3n) is 5.62. The fourth-order valence-corrected chi connectivity index (χ4v) is 6.77. The molecule has 0 aliphatic carbocycles. The van der Waals surface area contributed by atoms with E-state index in [1.807, 2.05) is 0 Å². The van der Waals surface area contributed by atoms with E-state index in [0.29, 0.717) is 0 Å². The summed E-state index contributed by atoms with van der Waals surface area (Å²) in [5, 5.41) is 0. The summed E-state index contributed by atoms with van der Waals surface area (Å²) in [7, 11) is -3.85. The minimum absolute atomic E-state index is 0.00478. The van der Waals surface area contributed by atoms with Gasteiger partial charge in [0.2, 0.25) is 0 Å². The van der Waals surface area contributed by atoms with E-state index < -0.39 is 36.1 Å². The number of aromatic nitrogens is 2. The van der Waals surface area contributed by atoms with Gasteiger partial charge in [-0.1, -0.05) is 13.8 Å². The first-order valence-electron chi connectivity index (χ1n) is 10.4. The minimum atomic E-state index is -4.71. The van der Waals surface area contributed by atoms with Crippen molar-refractivity contribution in [1.82, 2.24) is 9.55 Å². The van der Waals surface area contributed by atoms with Gasteiger partial charge in [0.1, 0.15) is 0 Å². The molecule has 0 saturated heterocycles. The number of hydrogen-bond acceptors (Lipinski definition) is 5. The van der Waals surface area contributed by atoms with Gasteiger partial charge < -0.3 is 18.6 Å². The summed E-state index contributed by atoms with van der Waals surface area (Å²) < 4.78 is 68.6. The molecule has 1 aromatic heterocycles. The van der Waals surface area contributed by atoms with Crippen LogP contribution in [0.15, 0.2) is 9.59 Å². The maximum Gasteiger partial charge on any atom is 0.417 e. The highest BCUT2D eigenvalue weighted by molar-refractivity contribution is 7.54. The van der Waals surface area contributed by atoms with Crippen LogP contribution >= 0.6 is 7.60 Å². The molecule has 7 nitrogen and oxygen atoms in total. The molecule has 0 saturated carbocycles. The maximum absolute atomic E-state index is 14.3. The van der Waals surface area contributed by atoms with Gasteiger partial charge in [0, 0.05) is 6.54 Å². The van der Waals surface area contributed by atoms with E-state index in [0.717, 1.165) is 0 Å². The molecule has 11 heteroatoms. The second-order valence-corrected chi connectivity index (χ2v) is 9.48. The smallest absolute Gasteiger partial charge is 0.316 e. The summed E-state index contributed by atoms with van der Waals surface area (Å²) in [5.74, 6) is 0. The van der Waals surface area contributed by atoms with Crippen LogP contribution in [0, 0.1) is 0 Å². The van der Waals surface area contributed by atoms with Crippen molar-refractivity contribution in [2.75, 3.05) is 13.2 Å². The molecule has 0 amide bonds. The molecule has 2 aromatic rings. The molecule has 2 heterocycles. The molecule has 1 aliphatic heterocycles. The normalized spacial score (nSPS) is 16.8. The lowest BCUT2D eigenvalue weighted by molar-refractivity contribution is -0.138. The van der Waals surface area contributed by atoms with E-state index in [9.17, 15) is 27.3 Å². The number of aryl methyl sites for hydroxylation is 2. The van der Waals surface area contributed by atoms with E-state index in [-0.39, 0.29) is 66.7 Å². The zero-order valence-corrected chi connectivity index (χ0v) is 18.8. The quantitative estimate of drug-likeness (QED) is 0.482. The SMILES string of the molecule is CCOP(=O)(OCC)C1CCn2c(=O)c(=O)[nH]c3c(CC)c(C(F)(F)F)c(CC)c1c32. The van der Waals surface area contributed by atoms with Crippen molar-refractivity contribution in [2.45, 2.75) is 65.3 Å². The van der Waals surface area contributed by atoms with Crippen LogP contribution in [0.1, 0.15) is 62.0 Å². The lowest BCUT2D eigenvalue weighted by atomic mass is 9.86. The van der Waals surface area contributed by atoms with Crippen molar-refractivity contribution in [3.8, 4) is 0 Å². The average molecular weight is 462 g/mol. The van der Waals surface area contributed by atoms with Crippen LogP contribution in [0.25, 0.3) is 11.0 Å². The second kappa shape index (κ2) is 8.56. The zero-order valence-electron chi connectivity index (χ0n) is 17.9. The fraction of sp³-hybridized carbons (Fsp3) is 0.600. The van der Waals surface area contributed by atoms with Crippen LogP contribution in [-0.2, 0) is 39.2 Å². The first-order chi connectivity index (χ1) is 14.6. The van der Waals surface area contributed by atoms with E-state index in [2.05, 4.69) is 4.98 Å². The number of nitrogens with zero attached hydrogens (tertiary/aromatic N) is 1. The highest BCUT2D eigenvalue weighted by atomic mass is 31.2. The summed E-state index contributed by atoms with van der Waals surface area (Å²) in [5.41, 5.74) is -3.54. The van der Waals surface area contributed by atoms with Gasteiger partial charge >= 0.3 is 24.9 Å².